The molecular formula is C11H13ClN4S. The summed E-state index contributed by atoms with van der Waals surface area (Å²) in [7, 11) is 1.90. The largest absolute Gasteiger partial charge is 0.261 e. The molecule has 0 aliphatic heterocycles. The van der Waals surface area contributed by atoms with Gasteiger partial charge in [-0.3, -0.25) is 4.68 Å². The van der Waals surface area contributed by atoms with E-state index >= 15 is 0 Å². The second-order valence-corrected chi connectivity index (χ2v) is 5.21. The molecule has 4 nitrogen and oxygen atoms in total. The molecule has 2 rings (SSSR count). The van der Waals surface area contributed by atoms with Crippen molar-refractivity contribution in [3.8, 4) is 0 Å². The molecule has 0 radical (unpaired) electrons. The molecule has 6 heteroatoms. The number of halogens is 1. The summed E-state index contributed by atoms with van der Waals surface area (Å²) in [5, 5.41) is 6.45. The van der Waals surface area contributed by atoms with Crippen LogP contribution in [-0.2, 0) is 7.05 Å². The van der Waals surface area contributed by atoms with Crippen LogP contribution in [0.4, 0.5) is 0 Å². The molecule has 0 saturated carbocycles. The van der Waals surface area contributed by atoms with Crippen LogP contribution >= 0.6 is 23.4 Å². The molecule has 0 N–H and O–H groups in total. The molecule has 2 aromatic heterocycles. The Kier molecular flexibility index (Phi) is 3.40. The van der Waals surface area contributed by atoms with Gasteiger partial charge in [0.25, 0.3) is 0 Å². The number of aryl methyl sites for hydroxylation is 4. The quantitative estimate of drug-likeness (QED) is 0.840. The van der Waals surface area contributed by atoms with E-state index in [2.05, 4.69) is 15.1 Å². The first-order valence-corrected chi connectivity index (χ1v) is 6.36. The summed E-state index contributed by atoms with van der Waals surface area (Å²) in [6.45, 7) is 5.78. The lowest BCUT2D eigenvalue weighted by Gasteiger charge is -2.05. The van der Waals surface area contributed by atoms with E-state index in [0.717, 1.165) is 27.1 Å². The second-order valence-electron chi connectivity index (χ2n) is 3.84. The fourth-order valence-corrected chi connectivity index (χ4v) is 2.60. The summed E-state index contributed by atoms with van der Waals surface area (Å²) in [4.78, 5) is 8.70. The molecule has 0 fully saturated rings. The highest BCUT2D eigenvalue weighted by Crippen LogP contribution is 2.31. The number of hydrogen-bond donors (Lipinski definition) is 0. The van der Waals surface area contributed by atoms with Crippen LogP contribution in [0.2, 0.25) is 5.15 Å². The lowest BCUT2D eigenvalue weighted by Crippen LogP contribution is -1.97. The van der Waals surface area contributed by atoms with Gasteiger partial charge in [-0.2, -0.15) is 5.10 Å². The highest BCUT2D eigenvalue weighted by atomic mass is 35.5. The normalized spacial score (nSPS) is 10.9. The monoisotopic (exact) mass is 268 g/mol. The number of aromatic nitrogens is 4. The van der Waals surface area contributed by atoms with Gasteiger partial charge in [0.05, 0.1) is 17.1 Å². The van der Waals surface area contributed by atoms with E-state index in [0.29, 0.717) is 5.15 Å². The van der Waals surface area contributed by atoms with Gasteiger partial charge < -0.3 is 0 Å². The molecule has 0 spiro atoms. The van der Waals surface area contributed by atoms with Crippen molar-refractivity contribution in [3.63, 3.8) is 0 Å². The van der Waals surface area contributed by atoms with Crippen molar-refractivity contribution in [2.75, 3.05) is 0 Å². The van der Waals surface area contributed by atoms with Crippen LogP contribution in [0.15, 0.2) is 16.1 Å². The minimum absolute atomic E-state index is 0.442. The van der Waals surface area contributed by atoms with Crippen molar-refractivity contribution in [3.05, 3.63) is 28.3 Å². The van der Waals surface area contributed by atoms with Gasteiger partial charge in [-0.05, 0) is 38.6 Å². The first kappa shape index (κ1) is 12.4. The van der Waals surface area contributed by atoms with Crippen LogP contribution in [0.1, 0.15) is 17.1 Å². The molecule has 0 aliphatic rings. The van der Waals surface area contributed by atoms with Gasteiger partial charge in [0.15, 0.2) is 5.15 Å². The Morgan fingerprint density at radius 1 is 1.18 bits per heavy atom. The fourth-order valence-electron chi connectivity index (χ4n) is 1.40. The summed E-state index contributed by atoms with van der Waals surface area (Å²) in [6.07, 6.45) is 0. The summed E-state index contributed by atoms with van der Waals surface area (Å²) in [5.41, 5.74) is 2.74. The minimum Gasteiger partial charge on any atom is -0.261 e. The average Bonchev–Trinajstić information content (AvgIpc) is 2.54. The topological polar surface area (TPSA) is 43.6 Å². The molecule has 90 valence electrons. The molecule has 0 aliphatic carbocycles. The minimum atomic E-state index is 0.442. The van der Waals surface area contributed by atoms with Gasteiger partial charge in [0, 0.05) is 7.05 Å². The van der Waals surface area contributed by atoms with Crippen LogP contribution in [0, 0.1) is 20.8 Å². The predicted molar refractivity (Wildman–Crippen MR) is 68.6 cm³/mol. The van der Waals surface area contributed by atoms with Crippen molar-refractivity contribution < 1.29 is 0 Å². The Hall–Kier alpha value is -1.07. The van der Waals surface area contributed by atoms with E-state index in [1.165, 1.54) is 11.8 Å². The van der Waals surface area contributed by atoms with Gasteiger partial charge >= 0.3 is 0 Å². The maximum absolute atomic E-state index is 6.09. The van der Waals surface area contributed by atoms with Crippen molar-refractivity contribution in [1.82, 2.24) is 19.7 Å². The standard InChI is InChI=1S/C11H13ClN4S/c1-6-5-9(16(4)15-6)17-11-10(12)13-7(2)8(3)14-11/h5H,1-4H3. The van der Waals surface area contributed by atoms with Gasteiger partial charge in [-0.1, -0.05) is 11.6 Å². The van der Waals surface area contributed by atoms with Crippen LogP contribution in [0.5, 0.6) is 0 Å². The zero-order valence-electron chi connectivity index (χ0n) is 10.2. The van der Waals surface area contributed by atoms with Crippen LogP contribution < -0.4 is 0 Å². The maximum atomic E-state index is 6.09. The molecule has 0 unspecified atom stereocenters. The Balaban J connectivity index is 2.36. The van der Waals surface area contributed by atoms with E-state index in [4.69, 9.17) is 11.6 Å². The summed E-state index contributed by atoms with van der Waals surface area (Å²) in [5.74, 6) is 0. The van der Waals surface area contributed by atoms with E-state index < -0.39 is 0 Å². The smallest absolute Gasteiger partial charge is 0.161 e. The van der Waals surface area contributed by atoms with Crippen LogP contribution in [-0.4, -0.2) is 19.7 Å². The molecule has 2 heterocycles. The van der Waals surface area contributed by atoms with Crippen LogP contribution in [0.25, 0.3) is 0 Å². The van der Waals surface area contributed by atoms with Crippen molar-refractivity contribution in [2.45, 2.75) is 30.8 Å². The Morgan fingerprint density at radius 3 is 2.41 bits per heavy atom. The number of hydrogen-bond acceptors (Lipinski definition) is 4. The second kappa shape index (κ2) is 4.66. The predicted octanol–water partition coefficient (Wildman–Crippen LogP) is 2.94. The van der Waals surface area contributed by atoms with Crippen molar-refractivity contribution in [1.29, 1.82) is 0 Å². The average molecular weight is 269 g/mol. The maximum Gasteiger partial charge on any atom is 0.161 e. The molecule has 0 atom stereocenters. The molecule has 0 aromatic carbocycles. The van der Waals surface area contributed by atoms with Gasteiger partial charge in [-0.15, -0.1) is 0 Å². The van der Waals surface area contributed by atoms with Gasteiger partial charge in [0.1, 0.15) is 10.1 Å². The molecule has 17 heavy (non-hydrogen) atoms. The highest BCUT2D eigenvalue weighted by Gasteiger charge is 2.11. The van der Waals surface area contributed by atoms with Crippen molar-refractivity contribution in [2.24, 2.45) is 7.05 Å². The van der Waals surface area contributed by atoms with Crippen LogP contribution in [0.3, 0.4) is 0 Å². The lowest BCUT2D eigenvalue weighted by molar-refractivity contribution is 0.691. The Morgan fingerprint density at radius 2 is 1.82 bits per heavy atom. The SMILES string of the molecule is Cc1cc(Sc2nc(C)c(C)nc2Cl)n(C)n1. The molecule has 0 bridgehead atoms. The molecule has 0 saturated heterocycles. The highest BCUT2D eigenvalue weighted by molar-refractivity contribution is 7.99. The fraction of sp³-hybridized carbons (Fsp3) is 0.364. The first-order chi connectivity index (χ1) is 7.97. The number of rotatable bonds is 2. The zero-order chi connectivity index (χ0) is 12.6. The molecular weight excluding hydrogens is 256 g/mol. The van der Waals surface area contributed by atoms with Gasteiger partial charge in [0.2, 0.25) is 0 Å². The first-order valence-electron chi connectivity index (χ1n) is 5.16. The lowest BCUT2D eigenvalue weighted by atomic mass is 10.4. The van der Waals surface area contributed by atoms with E-state index in [1.54, 1.807) is 0 Å². The van der Waals surface area contributed by atoms with Gasteiger partial charge in [-0.25, -0.2) is 9.97 Å². The summed E-state index contributed by atoms with van der Waals surface area (Å²) in [6, 6.07) is 2.00. The van der Waals surface area contributed by atoms with E-state index in [-0.39, 0.29) is 0 Å². The summed E-state index contributed by atoms with van der Waals surface area (Å²) >= 11 is 7.57. The zero-order valence-corrected chi connectivity index (χ0v) is 11.7. The van der Waals surface area contributed by atoms with Crippen molar-refractivity contribution >= 4 is 23.4 Å². The number of nitrogens with zero attached hydrogens (tertiary/aromatic N) is 4. The molecule has 0 amide bonds. The summed E-state index contributed by atoms with van der Waals surface area (Å²) < 4.78 is 1.81. The van der Waals surface area contributed by atoms with E-state index in [1.807, 2.05) is 38.6 Å². The molecule has 2 aromatic rings. The third-order valence-corrected chi connectivity index (χ3v) is 3.84. The third-order valence-electron chi connectivity index (χ3n) is 2.40. The third kappa shape index (κ3) is 2.61. The Labute approximate surface area is 109 Å². The van der Waals surface area contributed by atoms with E-state index in [9.17, 15) is 0 Å². The Bertz CT molecular complexity index is 565.